The molecule has 3 aromatic rings. The second-order valence-corrected chi connectivity index (χ2v) is 13.0. The van der Waals surface area contributed by atoms with Gasteiger partial charge in [-0.05, 0) is 77.8 Å². The van der Waals surface area contributed by atoms with Crippen LogP contribution in [0.15, 0.2) is 47.4 Å². The van der Waals surface area contributed by atoms with Gasteiger partial charge in [0.2, 0.25) is 0 Å². The van der Waals surface area contributed by atoms with Gasteiger partial charge in [0.1, 0.15) is 22.8 Å². The van der Waals surface area contributed by atoms with Crippen LogP contribution in [0.1, 0.15) is 54.9 Å². The maximum absolute atomic E-state index is 15.2. The van der Waals surface area contributed by atoms with Gasteiger partial charge in [0, 0.05) is 11.8 Å². The van der Waals surface area contributed by atoms with E-state index >= 15 is 4.39 Å². The number of pyridine rings is 1. The fraction of sp³-hybridized carbons (Fsp3) is 0.467. The summed E-state index contributed by atoms with van der Waals surface area (Å²) in [6.07, 6.45) is 2.09. The molecule has 1 heterocycles. The third-order valence-electron chi connectivity index (χ3n) is 5.46. The molecule has 0 atom stereocenters. The highest BCUT2D eigenvalue weighted by molar-refractivity contribution is 7.48. The van der Waals surface area contributed by atoms with E-state index < -0.39 is 49.6 Å². The minimum atomic E-state index is -4.56. The molecule has 0 bridgehead atoms. The zero-order valence-electron chi connectivity index (χ0n) is 26.1. The van der Waals surface area contributed by atoms with Crippen LogP contribution >= 0.6 is 7.82 Å². The molecule has 0 saturated heterocycles. The first-order valence-electron chi connectivity index (χ1n) is 13.8. The van der Waals surface area contributed by atoms with Crippen LogP contribution in [0.4, 0.5) is 4.39 Å². The van der Waals surface area contributed by atoms with Crippen molar-refractivity contribution in [2.24, 2.45) is 0 Å². The quantitative estimate of drug-likeness (QED) is 0.0806. The standard InChI is InChI=1S/C30H39FNO11P/c1-9-16-37-24-15-14-23(31)26-27(24)32(17-22(28(26)34)20-10-12-21(36-8)13-11-20)19-38-25(33)18-39-44(35,42-40-29(2,3)4)43-41-30(5,6)7/h10-15,17H,9,16,18-19H2,1-8H3. The Hall–Kier alpha value is -3.32. The van der Waals surface area contributed by atoms with Gasteiger partial charge >= 0.3 is 13.8 Å². The van der Waals surface area contributed by atoms with Gasteiger partial charge in [-0.15, -0.1) is 9.35 Å². The lowest BCUT2D eigenvalue weighted by Crippen LogP contribution is -2.23. The monoisotopic (exact) mass is 639 g/mol. The van der Waals surface area contributed by atoms with Crippen LogP contribution in [0.2, 0.25) is 0 Å². The number of ether oxygens (including phenoxy) is 3. The summed E-state index contributed by atoms with van der Waals surface area (Å²) in [7, 11) is -3.05. The number of fused-ring (bicyclic) bond motifs is 1. The highest BCUT2D eigenvalue weighted by Crippen LogP contribution is 2.51. The molecule has 0 N–H and O–H groups in total. The smallest absolute Gasteiger partial charge is 0.497 e. The van der Waals surface area contributed by atoms with Crippen molar-refractivity contribution in [3.8, 4) is 22.6 Å². The van der Waals surface area contributed by atoms with Crippen molar-refractivity contribution in [1.82, 2.24) is 4.57 Å². The molecule has 0 spiro atoms. The highest BCUT2D eigenvalue weighted by atomic mass is 31.2. The molecule has 12 nitrogen and oxygen atoms in total. The molecule has 44 heavy (non-hydrogen) atoms. The maximum Gasteiger partial charge on any atom is 0.529 e. The number of halogens is 1. The Kier molecular flexibility index (Phi) is 11.7. The Bertz CT molecular complexity index is 1520. The molecule has 2 aromatic carbocycles. The number of rotatable bonds is 14. The lowest BCUT2D eigenvalue weighted by molar-refractivity contribution is -0.337. The number of phosphoric acid groups is 1. The average Bonchev–Trinajstić information content (AvgIpc) is 2.96. The molecule has 1 aromatic heterocycles. The van der Waals surface area contributed by atoms with E-state index in [-0.39, 0.29) is 22.2 Å². The molecule has 3 rings (SSSR count). The maximum atomic E-state index is 15.2. The Morgan fingerprint density at radius 2 is 1.57 bits per heavy atom. The largest absolute Gasteiger partial charge is 0.529 e. The zero-order valence-corrected chi connectivity index (χ0v) is 27.0. The Morgan fingerprint density at radius 1 is 0.955 bits per heavy atom. The number of aromatic nitrogens is 1. The molecular weight excluding hydrogens is 600 g/mol. The molecule has 0 aliphatic rings. The van der Waals surface area contributed by atoms with Crippen LogP contribution in [0.5, 0.6) is 11.5 Å². The van der Waals surface area contributed by atoms with Gasteiger partial charge in [0.15, 0.2) is 18.8 Å². The van der Waals surface area contributed by atoms with Crippen LogP contribution in [0.25, 0.3) is 22.0 Å². The van der Waals surface area contributed by atoms with Crippen molar-refractivity contribution in [3.63, 3.8) is 0 Å². The topological polar surface area (TPSA) is 130 Å². The lowest BCUT2D eigenvalue weighted by Gasteiger charge is -2.24. The fourth-order valence-electron chi connectivity index (χ4n) is 3.55. The van der Waals surface area contributed by atoms with E-state index in [2.05, 4.69) is 0 Å². The minimum absolute atomic E-state index is 0.0870. The number of hydrogen-bond donors (Lipinski definition) is 0. The summed E-state index contributed by atoms with van der Waals surface area (Å²) in [6, 6.07) is 9.17. The Morgan fingerprint density at radius 3 is 2.11 bits per heavy atom. The first-order chi connectivity index (χ1) is 20.6. The van der Waals surface area contributed by atoms with Gasteiger partial charge < -0.3 is 18.8 Å². The fourth-order valence-corrected chi connectivity index (χ4v) is 4.56. The van der Waals surface area contributed by atoms with Gasteiger partial charge in [-0.2, -0.15) is 0 Å². The van der Waals surface area contributed by atoms with Crippen molar-refractivity contribution in [2.75, 3.05) is 20.3 Å². The van der Waals surface area contributed by atoms with Crippen molar-refractivity contribution < 1.29 is 51.6 Å². The van der Waals surface area contributed by atoms with Crippen molar-refractivity contribution in [1.29, 1.82) is 0 Å². The number of nitrogens with zero attached hydrogens (tertiary/aromatic N) is 1. The molecule has 0 radical (unpaired) electrons. The van der Waals surface area contributed by atoms with Crippen molar-refractivity contribution >= 4 is 24.7 Å². The summed E-state index contributed by atoms with van der Waals surface area (Å²) in [5.41, 5.74) is -1.67. The van der Waals surface area contributed by atoms with Gasteiger partial charge in [-0.3, -0.25) is 9.32 Å². The van der Waals surface area contributed by atoms with Gasteiger partial charge in [0.25, 0.3) is 0 Å². The minimum Gasteiger partial charge on any atom is -0.497 e. The van der Waals surface area contributed by atoms with E-state index in [1.54, 1.807) is 65.8 Å². The molecule has 0 aliphatic carbocycles. The van der Waals surface area contributed by atoms with E-state index in [1.807, 2.05) is 6.92 Å². The molecule has 0 fully saturated rings. The highest BCUT2D eigenvalue weighted by Gasteiger charge is 2.36. The lowest BCUT2D eigenvalue weighted by atomic mass is 10.0. The predicted molar refractivity (Wildman–Crippen MR) is 159 cm³/mol. The van der Waals surface area contributed by atoms with E-state index in [1.165, 1.54) is 23.9 Å². The number of methoxy groups -OCH3 is 1. The van der Waals surface area contributed by atoms with Crippen LogP contribution < -0.4 is 14.9 Å². The summed E-state index contributed by atoms with van der Waals surface area (Å²) in [6.45, 7) is 10.6. The van der Waals surface area contributed by atoms with Crippen LogP contribution in [0, 0.1) is 5.82 Å². The summed E-state index contributed by atoms with van der Waals surface area (Å²) < 4.78 is 60.9. The second kappa shape index (κ2) is 14.6. The van der Waals surface area contributed by atoms with Crippen LogP contribution in [0.3, 0.4) is 0 Å². The van der Waals surface area contributed by atoms with Crippen LogP contribution in [-0.2, 0) is 44.5 Å². The Labute approximate surface area is 255 Å². The Balaban J connectivity index is 1.92. The summed E-state index contributed by atoms with van der Waals surface area (Å²) in [5.74, 6) is -0.982. The third-order valence-corrected chi connectivity index (χ3v) is 6.42. The summed E-state index contributed by atoms with van der Waals surface area (Å²) in [5, 5.41) is -0.246. The van der Waals surface area contributed by atoms with E-state index in [0.29, 0.717) is 24.3 Å². The molecule has 0 aliphatic heterocycles. The number of hydrogen-bond acceptors (Lipinski definition) is 11. The molecule has 14 heteroatoms. The number of esters is 1. The third kappa shape index (κ3) is 9.85. The van der Waals surface area contributed by atoms with E-state index in [4.69, 9.17) is 37.9 Å². The summed E-state index contributed by atoms with van der Waals surface area (Å²) in [4.78, 5) is 36.5. The number of carbonyl (C=O) groups is 1. The molecule has 242 valence electrons. The molecular formula is C30H39FNO11P. The molecule has 0 unspecified atom stereocenters. The van der Waals surface area contributed by atoms with Gasteiger partial charge in [-0.25, -0.2) is 23.5 Å². The van der Waals surface area contributed by atoms with E-state index in [9.17, 15) is 14.2 Å². The van der Waals surface area contributed by atoms with Crippen LogP contribution in [-0.4, -0.2) is 42.1 Å². The first-order valence-corrected chi connectivity index (χ1v) is 15.3. The average molecular weight is 640 g/mol. The number of carbonyl (C=O) groups excluding carboxylic acids is 1. The van der Waals surface area contributed by atoms with E-state index in [0.717, 1.165) is 6.07 Å². The SMILES string of the molecule is CCCOc1ccc(F)c2c(=O)c(-c3ccc(OC)cc3)cn(COC(=O)COP(=O)(OOC(C)(C)C)OOC(C)(C)C)c12. The van der Waals surface area contributed by atoms with Crippen molar-refractivity contribution in [3.05, 3.63) is 58.6 Å². The molecule has 0 saturated carbocycles. The normalized spacial score (nSPS) is 12.4. The second-order valence-electron chi connectivity index (χ2n) is 11.6. The van der Waals surface area contributed by atoms with Crippen molar-refractivity contribution in [2.45, 2.75) is 72.8 Å². The molecule has 0 amide bonds. The zero-order chi connectivity index (χ0) is 32.7. The van der Waals surface area contributed by atoms with Gasteiger partial charge in [0.05, 0.1) is 30.3 Å². The first kappa shape index (κ1) is 35.2. The summed E-state index contributed by atoms with van der Waals surface area (Å²) >= 11 is 0. The number of benzene rings is 2. The predicted octanol–water partition coefficient (Wildman–Crippen LogP) is 6.72. The van der Waals surface area contributed by atoms with Gasteiger partial charge in [-0.1, -0.05) is 19.1 Å².